The number of rotatable bonds is 5. The van der Waals surface area contributed by atoms with Crippen LogP contribution in [-0.2, 0) is 6.54 Å². The van der Waals surface area contributed by atoms with Crippen LogP contribution in [0.15, 0.2) is 18.2 Å². The zero-order chi connectivity index (χ0) is 13.1. The lowest BCUT2D eigenvalue weighted by Crippen LogP contribution is -2.02. The summed E-state index contributed by atoms with van der Waals surface area (Å²) < 4.78 is 2.11. The molecule has 0 fully saturated rings. The minimum Gasteiger partial charge on any atom is -0.327 e. The summed E-state index contributed by atoms with van der Waals surface area (Å²) >= 11 is 1.87. The van der Waals surface area contributed by atoms with E-state index in [0.717, 1.165) is 29.4 Å². The lowest BCUT2D eigenvalue weighted by Gasteiger charge is -2.05. The van der Waals surface area contributed by atoms with Crippen LogP contribution in [0.1, 0.15) is 12.7 Å². The van der Waals surface area contributed by atoms with E-state index >= 15 is 0 Å². The Morgan fingerprint density at radius 1 is 1.50 bits per heavy atom. The van der Waals surface area contributed by atoms with E-state index < -0.39 is 0 Å². The highest BCUT2D eigenvalue weighted by Crippen LogP contribution is 2.22. The highest BCUT2D eigenvalue weighted by Gasteiger charge is 2.12. The van der Waals surface area contributed by atoms with Crippen LogP contribution in [0.5, 0.6) is 0 Å². The van der Waals surface area contributed by atoms with Gasteiger partial charge in [-0.15, -0.1) is 0 Å². The third-order valence-corrected chi connectivity index (χ3v) is 3.68. The van der Waals surface area contributed by atoms with Crippen LogP contribution in [0.2, 0.25) is 0 Å². The SMILES string of the molecule is CCSCCn1c(C)nc2cc([N+](=O)[O-])ccc21. The van der Waals surface area contributed by atoms with Crippen molar-refractivity contribution >= 4 is 28.5 Å². The molecule has 1 aromatic carbocycles. The van der Waals surface area contributed by atoms with Crippen LogP contribution < -0.4 is 0 Å². The molecule has 96 valence electrons. The number of aryl methyl sites for hydroxylation is 2. The number of nitrogens with zero attached hydrogens (tertiary/aromatic N) is 3. The maximum absolute atomic E-state index is 10.7. The predicted octanol–water partition coefficient (Wildman–Crippen LogP) is 3.01. The van der Waals surface area contributed by atoms with Gasteiger partial charge in [0.25, 0.3) is 5.69 Å². The zero-order valence-corrected chi connectivity index (χ0v) is 11.2. The first-order valence-electron chi connectivity index (χ1n) is 5.82. The lowest BCUT2D eigenvalue weighted by molar-refractivity contribution is -0.384. The molecule has 0 amide bonds. The van der Waals surface area contributed by atoms with E-state index in [1.807, 2.05) is 18.7 Å². The van der Waals surface area contributed by atoms with Gasteiger partial charge in [-0.25, -0.2) is 4.98 Å². The van der Waals surface area contributed by atoms with E-state index in [4.69, 9.17) is 0 Å². The standard InChI is InChI=1S/C12H15N3O2S/c1-3-18-7-6-14-9(2)13-11-8-10(15(16)17)4-5-12(11)14/h4-5,8H,3,6-7H2,1-2H3. The lowest BCUT2D eigenvalue weighted by atomic mass is 10.3. The molecule has 6 heteroatoms. The monoisotopic (exact) mass is 265 g/mol. The second kappa shape index (κ2) is 5.39. The van der Waals surface area contributed by atoms with Gasteiger partial charge in [0.2, 0.25) is 0 Å². The van der Waals surface area contributed by atoms with Crippen molar-refractivity contribution in [2.75, 3.05) is 11.5 Å². The van der Waals surface area contributed by atoms with Crippen molar-refractivity contribution in [3.8, 4) is 0 Å². The minimum atomic E-state index is -0.388. The van der Waals surface area contributed by atoms with Crippen LogP contribution in [0.4, 0.5) is 5.69 Å². The highest BCUT2D eigenvalue weighted by molar-refractivity contribution is 7.99. The number of fused-ring (bicyclic) bond motifs is 1. The Balaban J connectivity index is 2.36. The zero-order valence-electron chi connectivity index (χ0n) is 10.4. The summed E-state index contributed by atoms with van der Waals surface area (Å²) in [6.45, 7) is 4.95. The fraction of sp³-hybridized carbons (Fsp3) is 0.417. The number of imidazole rings is 1. The molecule has 2 aromatic rings. The van der Waals surface area contributed by atoms with E-state index in [2.05, 4.69) is 16.5 Å². The van der Waals surface area contributed by atoms with Crippen molar-refractivity contribution in [2.24, 2.45) is 0 Å². The Labute approximate surface area is 109 Å². The average molecular weight is 265 g/mol. The van der Waals surface area contributed by atoms with Gasteiger partial charge < -0.3 is 4.57 Å². The first-order chi connectivity index (χ1) is 8.63. The van der Waals surface area contributed by atoms with Crippen LogP contribution in [-0.4, -0.2) is 26.0 Å². The Morgan fingerprint density at radius 3 is 2.94 bits per heavy atom. The number of nitro benzene ring substituents is 1. The van der Waals surface area contributed by atoms with Gasteiger partial charge in [0.05, 0.1) is 16.0 Å². The maximum atomic E-state index is 10.7. The van der Waals surface area contributed by atoms with E-state index in [0.29, 0.717) is 5.52 Å². The molecule has 0 bridgehead atoms. The summed E-state index contributed by atoms with van der Waals surface area (Å²) in [6, 6.07) is 4.85. The molecule has 1 heterocycles. The van der Waals surface area contributed by atoms with Gasteiger partial charge in [-0.1, -0.05) is 6.92 Å². The average Bonchev–Trinajstić information content (AvgIpc) is 2.65. The Hall–Kier alpha value is -1.56. The molecule has 2 rings (SSSR count). The third kappa shape index (κ3) is 2.48. The summed E-state index contributed by atoms with van der Waals surface area (Å²) in [5.74, 6) is 3.03. The molecule has 0 atom stereocenters. The van der Waals surface area contributed by atoms with Crippen molar-refractivity contribution < 1.29 is 4.92 Å². The Kier molecular flexibility index (Phi) is 3.86. The van der Waals surface area contributed by atoms with Crippen molar-refractivity contribution in [2.45, 2.75) is 20.4 Å². The van der Waals surface area contributed by atoms with Gasteiger partial charge in [0.15, 0.2) is 0 Å². The molecule has 0 saturated heterocycles. The predicted molar refractivity (Wildman–Crippen MR) is 74.1 cm³/mol. The molecule has 0 aliphatic carbocycles. The molecular formula is C12H15N3O2S. The van der Waals surface area contributed by atoms with Gasteiger partial charge in [-0.3, -0.25) is 10.1 Å². The fourth-order valence-electron chi connectivity index (χ4n) is 1.93. The molecule has 18 heavy (non-hydrogen) atoms. The van der Waals surface area contributed by atoms with Crippen molar-refractivity contribution in [3.05, 3.63) is 34.1 Å². The summed E-state index contributed by atoms with van der Waals surface area (Å²) in [5.41, 5.74) is 1.76. The third-order valence-electron chi connectivity index (χ3n) is 2.80. The summed E-state index contributed by atoms with van der Waals surface area (Å²) in [6.07, 6.45) is 0. The van der Waals surface area contributed by atoms with Gasteiger partial charge in [0.1, 0.15) is 5.82 Å². The van der Waals surface area contributed by atoms with E-state index in [9.17, 15) is 10.1 Å². The molecule has 1 aromatic heterocycles. The van der Waals surface area contributed by atoms with Crippen LogP contribution in [0.25, 0.3) is 11.0 Å². The molecule has 5 nitrogen and oxygen atoms in total. The second-order valence-corrected chi connectivity index (χ2v) is 5.33. The number of thioether (sulfide) groups is 1. The molecule has 0 saturated carbocycles. The number of non-ortho nitro benzene ring substituents is 1. The normalized spacial score (nSPS) is 11.0. The number of benzene rings is 1. The summed E-state index contributed by atoms with van der Waals surface area (Å²) in [7, 11) is 0. The van der Waals surface area contributed by atoms with Crippen LogP contribution in [0, 0.1) is 17.0 Å². The van der Waals surface area contributed by atoms with E-state index in [1.165, 1.54) is 12.1 Å². The topological polar surface area (TPSA) is 61.0 Å². The molecular weight excluding hydrogens is 250 g/mol. The quantitative estimate of drug-likeness (QED) is 0.473. The largest absolute Gasteiger partial charge is 0.327 e. The Bertz CT molecular complexity index is 580. The second-order valence-electron chi connectivity index (χ2n) is 3.94. The summed E-state index contributed by atoms with van der Waals surface area (Å²) in [4.78, 5) is 14.7. The van der Waals surface area contributed by atoms with Crippen LogP contribution >= 0.6 is 11.8 Å². The minimum absolute atomic E-state index is 0.0927. The number of aromatic nitrogens is 2. The Morgan fingerprint density at radius 2 is 2.28 bits per heavy atom. The molecule has 0 spiro atoms. The highest BCUT2D eigenvalue weighted by atomic mass is 32.2. The van der Waals surface area contributed by atoms with Gasteiger partial charge in [-0.05, 0) is 18.7 Å². The van der Waals surface area contributed by atoms with Crippen molar-refractivity contribution in [1.29, 1.82) is 0 Å². The first kappa shape index (κ1) is 12.9. The first-order valence-corrected chi connectivity index (χ1v) is 6.98. The van der Waals surface area contributed by atoms with Gasteiger partial charge >= 0.3 is 0 Å². The van der Waals surface area contributed by atoms with E-state index in [1.54, 1.807) is 6.07 Å². The summed E-state index contributed by atoms with van der Waals surface area (Å²) in [5, 5.41) is 10.7. The van der Waals surface area contributed by atoms with Crippen LogP contribution in [0.3, 0.4) is 0 Å². The number of nitro groups is 1. The molecule has 0 aliphatic heterocycles. The number of hydrogen-bond acceptors (Lipinski definition) is 4. The van der Waals surface area contributed by atoms with Gasteiger partial charge in [-0.2, -0.15) is 11.8 Å². The van der Waals surface area contributed by atoms with Crippen molar-refractivity contribution in [3.63, 3.8) is 0 Å². The van der Waals surface area contributed by atoms with Gasteiger partial charge in [0, 0.05) is 24.4 Å². The van der Waals surface area contributed by atoms with E-state index in [-0.39, 0.29) is 10.6 Å². The maximum Gasteiger partial charge on any atom is 0.271 e. The van der Waals surface area contributed by atoms with Crippen molar-refractivity contribution in [1.82, 2.24) is 9.55 Å². The smallest absolute Gasteiger partial charge is 0.271 e. The number of hydrogen-bond donors (Lipinski definition) is 0. The molecule has 0 unspecified atom stereocenters. The molecule has 0 aliphatic rings. The molecule has 0 radical (unpaired) electrons. The molecule has 0 N–H and O–H groups in total. The fourth-order valence-corrected chi connectivity index (χ4v) is 2.53.